The largest absolute Gasteiger partial charge is 0.466 e. The van der Waals surface area contributed by atoms with E-state index in [0.717, 1.165) is 45.1 Å². The van der Waals surface area contributed by atoms with Crippen LogP contribution in [0.3, 0.4) is 0 Å². The van der Waals surface area contributed by atoms with Gasteiger partial charge in [-0.25, -0.2) is 4.58 Å². The number of ether oxygens (including phenoxy) is 1. The van der Waals surface area contributed by atoms with Crippen molar-refractivity contribution in [2.75, 3.05) is 58.2 Å². The summed E-state index contributed by atoms with van der Waals surface area (Å²) in [5.74, 6) is -0.0984. The van der Waals surface area contributed by atoms with Gasteiger partial charge in [-0.15, -0.1) is 0 Å². The molecule has 0 aromatic heterocycles. The van der Waals surface area contributed by atoms with E-state index in [2.05, 4.69) is 110 Å². The van der Waals surface area contributed by atoms with E-state index in [0.29, 0.717) is 13.0 Å². The zero-order valence-corrected chi connectivity index (χ0v) is 24.3. The Morgan fingerprint density at radius 1 is 0.895 bits per heavy atom. The summed E-state index contributed by atoms with van der Waals surface area (Å²) < 4.78 is 7.30. The molecule has 2 aromatic rings. The van der Waals surface area contributed by atoms with Crippen molar-refractivity contribution in [3.63, 3.8) is 0 Å². The van der Waals surface area contributed by atoms with E-state index >= 15 is 0 Å². The van der Waals surface area contributed by atoms with Gasteiger partial charge in [-0.05, 0) is 73.6 Å². The average molecular weight is 517 g/mol. The van der Waals surface area contributed by atoms with Gasteiger partial charge in [0.2, 0.25) is 0 Å². The predicted molar refractivity (Wildman–Crippen MR) is 163 cm³/mol. The number of hydrogen-bond donors (Lipinski definition) is 0. The van der Waals surface area contributed by atoms with Gasteiger partial charge >= 0.3 is 5.97 Å². The number of hydrogen-bond acceptors (Lipinski definition) is 4. The first-order valence-corrected chi connectivity index (χ1v) is 13.9. The molecule has 204 valence electrons. The molecule has 5 nitrogen and oxygen atoms in total. The standard InChI is InChI=1S/C33H46N3O2/c1-7-38-33(37)10-8-9-25-36(6)31-18-11-26(12-19-31)13-24-32(27-14-20-29(21-15-27)34(2)3)28-16-22-30(23-17-28)35(4)5/h11-15,18-21,24H,7-10,16-17,22-23,25H2,1-6H3/q+1. The molecule has 0 N–H and O–H groups in total. The van der Waals surface area contributed by atoms with Crippen LogP contribution in [0.2, 0.25) is 0 Å². The molecule has 0 amide bonds. The van der Waals surface area contributed by atoms with Crippen molar-refractivity contribution < 1.29 is 14.1 Å². The molecule has 0 bridgehead atoms. The summed E-state index contributed by atoms with van der Waals surface area (Å²) in [6.07, 6.45) is 11.4. The molecule has 0 atom stereocenters. The number of carbonyl (C=O) groups is 1. The second kappa shape index (κ2) is 14.6. The summed E-state index contributed by atoms with van der Waals surface area (Å²) in [5, 5.41) is 0. The first-order chi connectivity index (χ1) is 18.3. The van der Waals surface area contributed by atoms with Gasteiger partial charge in [0.15, 0.2) is 5.71 Å². The number of carbonyl (C=O) groups excluding carboxylic acids is 1. The van der Waals surface area contributed by atoms with Crippen molar-refractivity contribution in [1.29, 1.82) is 0 Å². The predicted octanol–water partition coefficient (Wildman–Crippen LogP) is 6.68. The van der Waals surface area contributed by atoms with Crippen LogP contribution in [-0.2, 0) is 9.53 Å². The molecule has 1 fully saturated rings. The fraction of sp³-hybridized carbons (Fsp3) is 0.455. The van der Waals surface area contributed by atoms with Crippen molar-refractivity contribution in [3.8, 4) is 0 Å². The molecule has 2 aromatic carbocycles. The van der Waals surface area contributed by atoms with Crippen LogP contribution in [0, 0.1) is 0 Å². The smallest absolute Gasteiger partial charge is 0.305 e. The van der Waals surface area contributed by atoms with Gasteiger partial charge in [-0.2, -0.15) is 0 Å². The molecule has 1 aliphatic rings. The van der Waals surface area contributed by atoms with Gasteiger partial charge in [0, 0.05) is 58.3 Å². The first kappa shape index (κ1) is 29.2. The lowest BCUT2D eigenvalue weighted by molar-refractivity contribution is -0.467. The third-order valence-corrected chi connectivity index (χ3v) is 7.34. The molecule has 0 heterocycles. The van der Waals surface area contributed by atoms with E-state index in [1.807, 2.05) is 6.92 Å². The number of rotatable bonds is 11. The normalized spacial score (nSPS) is 13.5. The molecule has 38 heavy (non-hydrogen) atoms. The van der Waals surface area contributed by atoms with Gasteiger partial charge in [-0.1, -0.05) is 42.0 Å². The molecular formula is C33H46N3O2+. The fourth-order valence-electron chi connectivity index (χ4n) is 4.91. The molecule has 0 saturated heterocycles. The molecule has 0 spiro atoms. The highest BCUT2D eigenvalue weighted by atomic mass is 16.5. The molecule has 0 aliphatic heterocycles. The van der Waals surface area contributed by atoms with Crippen LogP contribution < -0.4 is 9.80 Å². The van der Waals surface area contributed by atoms with Crippen molar-refractivity contribution >= 4 is 34.7 Å². The van der Waals surface area contributed by atoms with E-state index in [-0.39, 0.29) is 5.97 Å². The lowest BCUT2D eigenvalue weighted by atomic mass is 9.86. The van der Waals surface area contributed by atoms with Crippen LogP contribution in [-0.4, -0.2) is 64.6 Å². The Kier molecular flexibility index (Phi) is 11.2. The van der Waals surface area contributed by atoms with E-state index in [1.54, 1.807) is 11.3 Å². The minimum atomic E-state index is -0.0984. The fourth-order valence-corrected chi connectivity index (χ4v) is 4.91. The maximum absolute atomic E-state index is 11.5. The van der Waals surface area contributed by atoms with Gasteiger partial charge in [0.25, 0.3) is 0 Å². The maximum Gasteiger partial charge on any atom is 0.305 e. The van der Waals surface area contributed by atoms with E-state index in [4.69, 9.17) is 4.74 Å². The Morgan fingerprint density at radius 3 is 2.11 bits per heavy atom. The number of unbranched alkanes of at least 4 members (excludes halogenated alkanes) is 1. The zero-order chi connectivity index (χ0) is 27.5. The monoisotopic (exact) mass is 516 g/mol. The quantitative estimate of drug-likeness (QED) is 0.190. The number of anilines is 2. The van der Waals surface area contributed by atoms with Crippen molar-refractivity contribution in [3.05, 3.63) is 71.3 Å². The van der Waals surface area contributed by atoms with E-state index < -0.39 is 0 Å². The van der Waals surface area contributed by atoms with Gasteiger partial charge < -0.3 is 14.5 Å². The van der Waals surface area contributed by atoms with Crippen LogP contribution in [0.4, 0.5) is 11.4 Å². The number of nitrogens with zero attached hydrogens (tertiary/aromatic N) is 3. The molecule has 5 heteroatoms. The highest BCUT2D eigenvalue weighted by molar-refractivity contribution is 5.86. The van der Waals surface area contributed by atoms with Gasteiger partial charge in [-0.3, -0.25) is 4.79 Å². The summed E-state index contributed by atoms with van der Waals surface area (Å²) in [4.78, 5) is 15.9. The Balaban J connectivity index is 1.71. The summed E-state index contributed by atoms with van der Waals surface area (Å²) >= 11 is 0. The Bertz CT molecular complexity index is 1130. The van der Waals surface area contributed by atoms with Crippen LogP contribution in [0.15, 0.2) is 60.2 Å². The zero-order valence-electron chi connectivity index (χ0n) is 24.3. The van der Waals surface area contributed by atoms with Crippen LogP contribution in [0.25, 0.3) is 11.6 Å². The Hall–Kier alpha value is -3.34. The van der Waals surface area contributed by atoms with Crippen molar-refractivity contribution in [1.82, 2.24) is 0 Å². The molecule has 1 aliphatic carbocycles. The van der Waals surface area contributed by atoms with Crippen LogP contribution in [0.1, 0.15) is 63.0 Å². The summed E-state index contributed by atoms with van der Waals surface area (Å²) in [6, 6.07) is 17.7. The van der Waals surface area contributed by atoms with Crippen molar-refractivity contribution in [2.24, 2.45) is 0 Å². The third kappa shape index (κ3) is 8.61. The van der Waals surface area contributed by atoms with Gasteiger partial charge in [0.05, 0.1) is 6.61 Å². The first-order valence-electron chi connectivity index (χ1n) is 13.9. The Labute approximate surface area is 230 Å². The molecule has 3 rings (SSSR count). The Morgan fingerprint density at radius 2 is 1.53 bits per heavy atom. The van der Waals surface area contributed by atoms with Crippen LogP contribution in [0.5, 0.6) is 0 Å². The SMILES string of the molecule is CCOC(=O)CCCCN(C)c1ccc(C=CC(=C2CCC(=[N+](C)C)CC2)c2ccc(N(C)C)cc2)cc1. The van der Waals surface area contributed by atoms with Gasteiger partial charge in [0.1, 0.15) is 14.1 Å². The van der Waals surface area contributed by atoms with Crippen LogP contribution >= 0.6 is 0 Å². The second-order valence-electron chi connectivity index (χ2n) is 10.5. The summed E-state index contributed by atoms with van der Waals surface area (Å²) in [6.45, 7) is 3.22. The second-order valence-corrected chi connectivity index (χ2v) is 10.5. The summed E-state index contributed by atoms with van der Waals surface area (Å²) in [5.41, 5.74) is 9.34. The topological polar surface area (TPSA) is 35.8 Å². The number of allylic oxidation sites excluding steroid dienone is 3. The summed E-state index contributed by atoms with van der Waals surface area (Å²) in [7, 11) is 10.6. The highest BCUT2D eigenvalue weighted by Gasteiger charge is 2.19. The molecule has 1 saturated carbocycles. The minimum absolute atomic E-state index is 0.0984. The third-order valence-electron chi connectivity index (χ3n) is 7.34. The minimum Gasteiger partial charge on any atom is -0.466 e. The molecule has 0 unspecified atom stereocenters. The lowest BCUT2D eigenvalue weighted by Gasteiger charge is -2.20. The number of benzene rings is 2. The van der Waals surface area contributed by atoms with Crippen molar-refractivity contribution in [2.45, 2.75) is 51.9 Å². The maximum atomic E-state index is 11.5. The number of esters is 1. The van der Waals surface area contributed by atoms with E-state index in [1.165, 1.54) is 28.1 Å². The average Bonchev–Trinajstić information content (AvgIpc) is 2.92. The lowest BCUT2D eigenvalue weighted by Crippen LogP contribution is -2.18. The van der Waals surface area contributed by atoms with E-state index in [9.17, 15) is 4.79 Å². The molecular weight excluding hydrogens is 470 g/mol. The highest BCUT2D eigenvalue weighted by Crippen LogP contribution is 2.32. The molecule has 0 radical (unpaired) electrons.